The van der Waals surface area contributed by atoms with Crippen molar-refractivity contribution >= 4 is 67.0 Å². The van der Waals surface area contributed by atoms with E-state index in [9.17, 15) is 13.2 Å². The van der Waals surface area contributed by atoms with Gasteiger partial charge in [-0.2, -0.15) is 5.10 Å². The minimum Gasteiger partial charge on any atom is -0.497 e. The number of hydrogen-bond acceptors (Lipinski definition) is 7. The van der Waals surface area contributed by atoms with E-state index in [4.69, 9.17) is 37.4 Å². The molecular weight excluding hydrogens is 621 g/mol. The monoisotopic (exact) mass is 643 g/mol. The molecule has 9 nitrogen and oxygen atoms in total. The van der Waals surface area contributed by atoms with Gasteiger partial charge in [0.25, 0.3) is 5.91 Å². The van der Waals surface area contributed by atoms with Gasteiger partial charge in [-0.05, 0) is 63.5 Å². The van der Waals surface area contributed by atoms with Gasteiger partial charge < -0.3 is 14.2 Å². The molecule has 0 aromatic heterocycles. The van der Waals surface area contributed by atoms with Crippen LogP contribution in [0.2, 0.25) is 10.0 Å². The van der Waals surface area contributed by atoms with Crippen LogP contribution in [0.3, 0.4) is 0 Å². The van der Waals surface area contributed by atoms with Gasteiger partial charge in [0.2, 0.25) is 10.0 Å². The van der Waals surface area contributed by atoms with Gasteiger partial charge in [0.15, 0.2) is 11.5 Å². The first-order valence-corrected chi connectivity index (χ1v) is 14.3. The molecule has 0 heterocycles. The van der Waals surface area contributed by atoms with Crippen molar-refractivity contribution in [3.05, 3.63) is 80.2 Å². The molecule has 0 spiro atoms. The lowest BCUT2D eigenvalue weighted by Gasteiger charge is -2.21. The molecule has 0 bridgehead atoms. The fourth-order valence-electron chi connectivity index (χ4n) is 3.25. The quantitative estimate of drug-likeness (QED) is 0.225. The van der Waals surface area contributed by atoms with E-state index >= 15 is 0 Å². The highest BCUT2D eigenvalue weighted by Gasteiger charge is 2.21. The van der Waals surface area contributed by atoms with Crippen LogP contribution in [0.5, 0.6) is 17.2 Å². The number of ether oxygens (including phenoxy) is 3. The third-order valence-corrected chi connectivity index (χ3v) is 7.52. The Kier molecular flexibility index (Phi) is 10.3. The number of rotatable bonds is 11. The second-order valence-electron chi connectivity index (χ2n) is 7.84. The van der Waals surface area contributed by atoms with Crippen molar-refractivity contribution in [2.75, 3.05) is 31.3 Å². The standard InChI is InChI=1S/C25H24BrCl2N3O6S/c1-35-19-6-4-5-18(12-19)31(38(3,33)34)14-24(32)30-29-13-17-9-20(26)25(23(11-17)36-2)37-15-16-7-8-21(27)22(28)10-16/h4-13H,14-15H2,1-3H3,(H,30,32)/b29-13-. The Morgan fingerprint density at radius 1 is 1.08 bits per heavy atom. The number of hydrogen-bond donors (Lipinski definition) is 1. The highest BCUT2D eigenvalue weighted by atomic mass is 79.9. The number of sulfonamides is 1. The van der Waals surface area contributed by atoms with E-state index in [1.54, 1.807) is 48.5 Å². The first-order chi connectivity index (χ1) is 18.0. The van der Waals surface area contributed by atoms with E-state index < -0.39 is 22.5 Å². The molecule has 3 rings (SSSR count). The number of anilines is 1. The van der Waals surface area contributed by atoms with E-state index in [2.05, 4.69) is 26.5 Å². The largest absolute Gasteiger partial charge is 0.497 e. The first-order valence-electron chi connectivity index (χ1n) is 10.9. The van der Waals surface area contributed by atoms with Gasteiger partial charge in [-0.1, -0.05) is 35.3 Å². The number of nitrogens with zero attached hydrogens (tertiary/aromatic N) is 2. The van der Waals surface area contributed by atoms with Gasteiger partial charge in [0.1, 0.15) is 18.9 Å². The molecule has 13 heteroatoms. The van der Waals surface area contributed by atoms with Crippen LogP contribution >= 0.6 is 39.1 Å². The van der Waals surface area contributed by atoms with Gasteiger partial charge in [0.05, 0.1) is 46.9 Å². The molecule has 0 unspecified atom stereocenters. The smallest absolute Gasteiger partial charge is 0.260 e. The van der Waals surface area contributed by atoms with E-state index in [1.807, 2.05) is 0 Å². The van der Waals surface area contributed by atoms with Crippen LogP contribution in [-0.2, 0) is 21.4 Å². The predicted octanol–water partition coefficient (Wildman–Crippen LogP) is 5.27. The van der Waals surface area contributed by atoms with E-state index in [-0.39, 0.29) is 12.3 Å². The highest BCUT2D eigenvalue weighted by Crippen LogP contribution is 2.37. The van der Waals surface area contributed by atoms with Crippen LogP contribution < -0.4 is 23.9 Å². The highest BCUT2D eigenvalue weighted by molar-refractivity contribution is 9.10. The summed E-state index contributed by atoms with van der Waals surface area (Å²) in [7, 11) is -0.790. The molecule has 1 N–H and O–H groups in total. The maximum Gasteiger partial charge on any atom is 0.260 e. The number of amides is 1. The Morgan fingerprint density at radius 2 is 1.84 bits per heavy atom. The molecule has 0 aliphatic carbocycles. The van der Waals surface area contributed by atoms with E-state index in [1.165, 1.54) is 26.5 Å². The Balaban J connectivity index is 1.68. The number of halogens is 3. The fourth-order valence-corrected chi connectivity index (χ4v) is 4.99. The summed E-state index contributed by atoms with van der Waals surface area (Å²) in [6.07, 6.45) is 2.41. The lowest BCUT2D eigenvalue weighted by Crippen LogP contribution is -2.39. The number of hydrazone groups is 1. The summed E-state index contributed by atoms with van der Waals surface area (Å²) < 4.78 is 42.7. The van der Waals surface area contributed by atoms with Crippen LogP contribution in [-0.4, -0.2) is 47.6 Å². The fraction of sp³-hybridized carbons (Fsp3) is 0.200. The van der Waals surface area contributed by atoms with Crippen molar-refractivity contribution in [3.63, 3.8) is 0 Å². The summed E-state index contributed by atoms with van der Waals surface area (Å²) in [6, 6.07) is 15.0. The molecule has 0 atom stereocenters. The lowest BCUT2D eigenvalue weighted by atomic mass is 10.2. The second kappa shape index (κ2) is 13.2. The van der Waals surface area contributed by atoms with Crippen LogP contribution in [0.15, 0.2) is 64.2 Å². The molecule has 0 aliphatic heterocycles. The predicted molar refractivity (Wildman–Crippen MR) is 152 cm³/mol. The van der Waals surface area contributed by atoms with Crippen molar-refractivity contribution in [2.24, 2.45) is 5.10 Å². The molecule has 0 saturated heterocycles. The molecular formula is C25H24BrCl2N3O6S. The van der Waals surface area contributed by atoms with Crippen LogP contribution in [0.1, 0.15) is 11.1 Å². The minimum atomic E-state index is -3.75. The summed E-state index contributed by atoms with van der Waals surface area (Å²) >= 11 is 15.5. The topological polar surface area (TPSA) is 107 Å². The van der Waals surface area contributed by atoms with Crippen molar-refractivity contribution in [3.8, 4) is 17.2 Å². The Hall–Kier alpha value is -2.99. The second-order valence-corrected chi connectivity index (χ2v) is 11.4. The van der Waals surface area contributed by atoms with Gasteiger partial charge in [-0.15, -0.1) is 0 Å². The number of methoxy groups -OCH3 is 2. The lowest BCUT2D eigenvalue weighted by molar-refractivity contribution is -0.119. The number of nitrogens with one attached hydrogen (secondary N) is 1. The normalized spacial score (nSPS) is 11.3. The molecule has 38 heavy (non-hydrogen) atoms. The van der Waals surface area contributed by atoms with E-state index in [0.717, 1.165) is 16.1 Å². The maximum absolute atomic E-state index is 12.5. The third-order valence-electron chi connectivity index (χ3n) is 5.05. The molecule has 1 amide bonds. The summed E-state index contributed by atoms with van der Waals surface area (Å²) in [5.41, 5.74) is 4.04. The Morgan fingerprint density at radius 3 is 2.50 bits per heavy atom. The SMILES string of the molecule is COc1cccc(N(CC(=O)N/N=C\c2cc(Br)c(OCc3ccc(Cl)c(Cl)c3)c(OC)c2)S(C)(=O)=O)c1. The number of carbonyl (C=O) groups excluding carboxylic acids is 1. The van der Waals surface area contributed by atoms with Crippen molar-refractivity contribution in [1.29, 1.82) is 0 Å². The molecule has 3 aromatic rings. The summed E-state index contributed by atoms with van der Waals surface area (Å²) in [5, 5.41) is 4.83. The zero-order valence-electron chi connectivity index (χ0n) is 20.6. The summed E-state index contributed by atoms with van der Waals surface area (Å²) in [6.45, 7) is -0.253. The van der Waals surface area contributed by atoms with Crippen molar-refractivity contribution < 1.29 is 27.4 Å². The number of carbonyl (C=O) groups is 1. The maximum atomic E-state index is 12.5. The molecule has 0 radical (unpaired) electrons. The average molecular weight is 645 g/mol. The van der Waals surface area contributed by atoms with E-state index in [0.29, 0.717) is 37.3 Å². The van der Waals surface area contributed by atoms with Gasteiger partial charge in [-0.25, -0.2) is 13.8 Å². The van der Waals surface area contributed by atoms with Gasteiger partial charge >= 0.3 is 0 Å². The molecule has 202 valence electrons. The van der Waals surface area contributed by atoms with Crippen molar-refractivity contribution in [2.45, 2.75) is 6.61 Å². The summed E-state index contributed by atoms with van der Waals surface area (Å²) in [4.78, 5) is 12.5. The molecule has 0 saturated carbocycles. The first kappa shape index (κ1) is 29.6. The zero-order chi connectivity index (χ0) is 27.9. The average Bonchev–Trinajstić information content (AvgIpc) is 2.87. The zero-order valence-corrected chi connectivity index (χ0v) is 24.5. The third kappa shape index (κ3) is 8.00. The molecule has 0 aliphatic rings. The van der Waals surface area contributed by atoms with Crippen LogP contribution in [0.25, 0.3) is 0 Å². The number of benzene rings is 3. The van der Waals surface area contributed by atoms with Crippen molar-refractivity contribution in [1.82, 2.24) is 5.43 Å². The van der Waals surface area contributed by atoms with Gasteiger partial charge in [-0.3, -0.25) is 9.10 Å². The van der Waals surface area contributed by atoms with Crippen LogP contribution in [0.4, 0.5) is 5.69 Å². The van der Waals surface area contributed by atoms with Crippen LogP contribution in [0, 0.1) is 0 Å². The molecule has 3 aromatic carbocycles. The minimum absolute atomic E-state index is 0.222. The Labute approximate surface area is 239 Å². The molecule has 0 fully saturated rings. The van der Waals surface area contributed by atoms with Gasteiger partial charge in [0, 0.05) is 6.07 Å². The Bertz CT molecular complexity index is 1450. The summed E-state index contributed by atoms with van der Waals surface area (Å²) in [5.74, 6) is 0.705.